The highest BCUT2D eigenvalue weighted by atomic mass is 35.5. The van der Waals surface area contributed by atoms with Gasteiger partial charge >= 0.3 is 0 Å². The number of halogens is 2. The van der Waals surface area contributed by atoms with Crippen LogP contribution in [0.1, 0.15) is 6.42 Å². The summed E-state index contributed by atoms with van der Waals surface area (Å²) in [6.07, 6.45) is 0.578. The summed E-state index contributed by atoms with van der Waals surface area (Å²) in [6, 6.07) is 14.0. The van der Waals surface area contributed by atoms with Crippen molar-refractivity contribution in [2.24, 2.45) is 10.9 Å². The lowest BCUT2D eigenvalue weighted by Crippen LogP contribution is -2.20. The average molecular weight is 337 g/mol. The number of hydrogen-bond donors (Lipinski definition) is 1. The van der Waals surface area contributed by atoms with E-state index in [0.29, 0.717) is 19.6 Å². The zero-order chi connectivity index (χ0) is 15.4. The fourth-order valence-electron chi connectivity index (χ4n) is 2.34. The van der Waals surface area contributed by atoms with Crippen molar-refractivity contribution in [2.75, 3.05) is 13.2 Å². The Bertz CT molecular complexity index is 677. The quantitative estimate of drug-likeness (QED) is 0.910. The van der Waals surface area contributed by atoms with E-state index >= 15 is 0 Å². The van der Waals surface area contributed by atoms with Gasteiger partial charge in [0.2, 0.25) is 0 Å². The maximum Gasteiger partial charge on any atom is 0.166 e. The molecule has 0 amide bonds. The lowest BCUT2D eigenvalue weighted by molar-refractivity contribution is 0.0472. The predicted molar refractivity (Wildman–Crippen MR) is 90.6 cm³/mol. The summed E-state index contributed by atoms with van der Waals surface area (Å²) in [4.78, 5) is 5.27. The Morgan fingerprint density at radius 2 is 1.91 bits per heavy atom. The molecule has 6 heteroatoms. The molecule has 2 aromatic carbocycles. The van der Waals surface area contributed by atoms with E-state index < -0.39 is 0 Å². The minimum absolute atomic E-state index is 0. The second-order valence-corrected chi connectivity index (χ2v) is 5.11. The molecule has 122 valence electrons. The van der Waals surface area contributed by atoms with Crippen molar-refractivity contribution in [1.82, 2.24) is 0 Å². The third-order valence-electron chi connectivity index (χ3n) is 3.50. The van der Waals surface area contributed by atoms with Crippen LogP contribution in [0, 0.1) is 5.82 Å². The SMILES string of the molecule is Cl.NCC1=NO[C@@H](COc2ccccc2-c2ccc(F)cc2)C1. The van der Waals surface area contributed by atoms with E-state index in [4.69, 9.17) is 15.3 Å². The normalized spacial score (nSPS) is 16.3. The minimum Gasteiger partial charge on any atom is -0.489 e. The van der Waals surface area contributed by atoms with Crippen LogP contribution in [0.15, 0.2) is 53.7 Å². The van der Waals surface area contributed by atoms with Crippen molar-refractivity contribution < 1.29 is 14.0 Å². The zero-order valence-corrected chi connectivity index (χ0v) is 13.3. The van der Waals surface area contributed by atoms with Gasteiger partial charge in [0.1, 0.15) is 18.2 Å². The first-order valence-corrected chi connectivity index (χ1v) is 7.15. The molecule has 0 spiro atoms. The monoisotopic (exact) mass is 336 g/mol. The van der Waals surface area contributed by atoms with Crippen LogP contribution in [0.25, 0.3) is 11.1 Å². The molecule has 1 aliphatic heterocycles. The van der Waals surface area contributed by atoms with E-state index in [-0.39, 0.29) is 24.3 Å². The Morgan fingerprint density at radius 3 is 2.61 bits per heavy atom. The Hall–Kier alpha value is -2.11. The molecule has 0 saturated carbocycles. The smallest absolute Gasteiger partial charge is 0.166 e. The molecular formula is C17H18ClFN2O2. The summed E-state index contributed by atoms with van der Waals surface area (Å²) in [5.41, 5.74) is 8.20. The van der Waals surface area contributed by atoms with Crippen molar-refractivity contribution in [1.29, 1.82) is 0 Å². The number of para-hydroxylation sites is 1. The highest BCUT2D eigenvalue weighted by Gasteiger charge is 2.21. The number of benzene rings is 2. The van der Waals surface area contributed by atoms with Gasteiger partial charge in [0, 0.05) is 18.5 Å². The molecule has 0 aliphatic carbocycles. The van der Waals surface area contributed by atoms with Crippen LogP contribution in [0.3, 0.4) is 0 Å². The first-order valence-electron chi connectivity index (χ1n) is 7.15. The minimum atomic E-state index is -0.257. The Labute approximate surface area is 140 Å². The van der Waals surface area contributed by atoms with Crippen molar-refractivity contribution in [2.45, 2.75) is 12.5 Å². The Balaban J connectivity index is 0.00000192. The zero-order valence-electron chi connectivity index (χ0n) is 12.4. The first-order chi connectivity index (χ1) is 10.8. The van der Waals surface area contributed by atoms with Gasteiger partial charge in [0.15, 0.2) is 6.10 Å². The third kappa shape index (κ3) is 4.21. The first kappa shape index (κ1) is 17.2. The van der Waals surface area contributed by atoms with Gasteiger partial charge in [0.25, 0.3) is 0 Å². The number of oxime groups is 1. The molecule has 0 bridgehead atoms. The fourth-order valence-corrected chi connectivity index (χ4v) is 2.34. The van der Waals surface area contributed by atoms with Gasteiger partial charge in [0.05, 0.1) is 5.71 Å². The van der Waals surface area contributed by atoms with E-state index in [9.17, 15) is 4.39 Å². The number of nitrogens with zero attached hydrogens (tertiary/aromatic N) is 1. The van der Waals surface area contributed by atoms with Crippen LogP contribution in [0.5, 0.6) is 5.75 Å². The maximum atomic E-state index is 13.1. The molecular weight excluding hydrogens is 319 g/mol. The second-order valence-electron chi connectivity index (χ2n) is 5.11. The van der Waals surface area contributed by atoms with Gasteiger partial charge < -0.3 is 15.3 Å². The highest BCUT2D eigenvalue weighted by molar-refractivity contribution is 5.87. The molecule has 3 rings (SSSR count). The van der Waals surface area contributed by atoms with E-state index in [2.05, 4.69) is 5.16 Å². The molecule has 2 N–H and O–H groups in total. The molecule has 1 atom stereocenters. The standard InChI is InChI=1S/C17H17FN2O2.ClH/c18-13-7-5-12(6-8-13)16-3-1-2-4-17(16)21-11-15-9-14(10-19)20-22-15;/h1-8,15H,9-11,19H2;1H/t15-;/m1./s1. The maximum absolute atomic E-state index is 13.1. The van der Waals surface area contributed by atoms with Gasteiger partial charge in [-0.1, -0.05) is 35.5 Å². The molecule has 0 aromatic heterocycles. The van der Waals surface area contributed by atoms with Gasteiger partial charge in [-0.2, -0.15) is 0 Å². The van der Waals surface area contributed by atoms with E-state index in [1.54, 1.807) is 12.1 Å². The van der Waals surface area contributed by atoms with E-state index in [1.165, 1.54) is 12.1 Å². The largest absolute Gasteiger partial charge is 0.489 e. The van der Waals surface area contributed by atoms with Crippen LogP contribution < -0.4 is 10.5 Å². The lowest BCUT2D eigenvalue weighted by Gasteiger charge is -2.14. The number of nitrogens with two attached hydrogens (primary N) is 1. The van der Waals surface area contributed by atoms with Crippen molar-refractivity contribution in [3.63, 3.8) is 0 Å². The summed E-state index contributed by atoms with van der Waals surface area (Å²) < 4.78 is 18.9. The third-order valence-corrected chi connectivity index (χ3v) is 3.50. The Morgan fingerprint density at radius 1 is 1.17 bits per heavy atom. The topological polar surface area (TPSA) is 56.8 Å². The molecule has 0 fully saturated rings. The van der Waals surface area contributed by atoms with Crippen LogP contribution in [0.4, 0.5) is 4.39 Å². The summed E-state index contributed by atoms with van der Waals surface area (Å²) in [5.74, 6) is 0.479. The van der Waals surface area contributed by atoms with Crippen molar-refractivity contribution >= 4 is 18.1 Å². The van der Waals surface area contributed by atoms with Gasteiger partial charge in [-0.25, -0.2) is 4.39 Å². The molecule has 2 aromatic rings. The van der Waals surface area contributed by atoms with Crippen LogP contribution in [-0.2, 0) is 4.84 Å². The van der Waals surface area contributed by atoms with Crippen molar-refractivity contribution in [3.8, 4) is 16.9 Å². The van der Waals surface area contributed by atoms with Crippen LogP contribution in [0.2, 0.25) is 0 Å². The van der Waals surface area contributed by atoms with Crippen LogP contribution >= 0.6 is 12.4 Å². The molecule has 4 nitrogen and oxygen atoms in total. The van der Waals surface area contributed by atoms with E-state index in [1.807, 2.05) is 24.3 Å². The molecule has 0 saturated heterocycles. The number of rotatable bonds is 5. The predicted octanol–water partition coefficient (Wildman–Crippen LogP) is 3.40. The number of ether oxygens (including phenoxy) is 1. The Kier molecular flexibility index (Phi) is 5.96. The van der Waals surface area contributed by atoms with Gasteiger partial charge in [-0.05, 0) is 23.8 Å². The highest BCUT2D eigenvalue weighted by Crippen LogP contribution is 2.30. The van der Waals surface area contributed by atoms with Gasteiger partial charge in [-0.3, -0.25) is 0 Å². The average Bonchev–Trinajstić information content (AvgIpc) is 3.02. The molecule has 1 heterocycles. The molecule has 23 heavy (non-hydrogen) atoms. The second kappa shape index (κ2) is 7.94. The molecule has 0 unspecified atom stereocenters. The summed E-state index contributed by atoms with van der Waals surface area (Å²) in [6.45, 7) is 0.799. The molecule has 1 aliphatic rings. The van der Waals surface area contributed by atoms with Gasteiger partial charge in [-0.15, -0.1) is 12.4 Å². The molecule has 0 radical (unpaired) electrons. The summed E-state index contributed by atoms with van der Waals surface area (Å²) in [5, 5.41) is 3.91. The fraction of sp³-hybridized carbons (Fsp3) is 0.235. The summed E-state index contributed by atoms with van der Waals surface area (Å²) in [7, 11) is 0. The van der Waals surface area contributed by atoms with Crippen LogP contribution in [-0.4, -0.2) is 25.0 Å². The van der Waals surface area contributed by atoms with Crippen molar-refractivity contribution in [3.05, 3.63) is 54.3 Å². The number of hydrogen-bond acceptors (Lipinski definition) is 4. The van der Waals surface area contributed by atoms with E-state index in [0.717, 1.165) is 22.6 Å². The lowest BCUT2D eigenvalue weighted by atomic mass is 10.0. The summed E-state index contributed by atoms with van der Waals surface area (Å²) >= 11 is 0.